The predicted molar refractivity (Wildman–Crippen MR) is 72.8 cm³/mol. The van der Waals surface area contributed by atoms with E-state index in [1.54, 1.807) is 31.2 Å². The largest absolute Gasteiger partial charge is 0.368 e. The van der Waals surface area contributed by atoms with Gasteiger partial charge in [0.1, 0.15) is 0 Å². The number of pyridine rings is 1. The number of benzene rings is 1. The summed E-state index contributed by atoms with van der Waals surface area (Å²) in [4.78, 5) is 3.86. The lowest BCUT2D eigenvalue weighted by atomic mass is 10.2. The Morgan fingerprint density at radius 1 is 1.20 bits per heavy atom. The number of aromatic nitrogens is 1. The molecule has 0 atom stereocenters. The second-order valence-corrected chi connectivity index (χ2v) is 4.00. The van der Waals surface area contributed by atoms with Crippen molar-refractivity contribution >= 4 is 17.3 Å². The maximum Gasteiger partial charge on any atom is 0.169 e. The van der Waals surface area contributed by atoms with Gasteiger partial charge in [-0.25, -0.2) is 13.8 Å². The summed E-state index contributed by atoms with van der Waals surface area (Å²) in [7, 11) is 0. The van der Waals surface area contributed by atoms with Crippen molar-refractivity contribution in [2.75, 3.05) is 17.2 Å². The number of nitriles is 1. The van der Waals surface area contributed by atoms with Crippen LogP contribution in [0.4, 0.5) is 26.1 Å². The molecule has 0 aliphatic carbocycles. The Bertz CT molecular complexity index is 665. The number of anilines is 3. The molecule has 0 spiro atoms. The van der Waals surface area contributed by atoms with Crippen LogP contribution < -0.4 is 10.6 Å². The number of hydrogen-bond acceptors (Lipinski definition) is 4. The molecule has 20 heavy (non-hydrogen) atoms. The predicted octanol–water partition coefficient (Wildman–Crippen LogP) is 3.41. The van der Waals surface area contributed by atoms with Crippen molar-refractivity contribution in [1.82, 2.24) is 4.98 Å². The average molecular weight is 274 g/mol. The Morgan fingerprint density at radius 3 is 2.65 bits per heavy atom. The first-order valence-electron chi connectivity index (χ1n) is 6.01. The molecule has 102 valence electrons. The Labute approximate surface area is 115 Å². The fourth-order valence-electron chi connectivity index (χ4n) is 1.65. The van der Waals surface area contributed by atoms with E-state index in [-0.39, 0.29) is 11.6 Å². The third-order valence-corrected chi connectivity index (χ3v) is 2.53. The van der Waals surface area contributed by atoms with Crippen LogP contribution in [0.25, 0.3) is 0 Å². The number of nitrogens with zero attached hydrogens (tertiary/aromatic N) is 2. The van der Waals surface area contributed by atoms with Crippen LogP contribution in [0, 0.1) is 23.0 Å². The zero-order valence-corrected chi connectivity index (χ0v) is 10.7. The third-order valence-electron chi connectivity index (χ3n) is 2.53. The van der Waals surface area contributed by atoms with Gasteiger partial charge in [-0.2, -0.15) is 5.26 Å². The summed E-state index contributed by atoms with van der Waals surface area (Å²) in [6.07, 6.45) is 0. The van der Waals surface area contributed by atoms with Gasteiger partial charge < -0.3 is 10.6 Å². The summed E-state index contributed by atoms with van der Waals surface area (Å²) >= 11 is 0. The van der Waals surface area contributed by atoms with E-state index in [1.165, 1.54) is 0 Å². The van der Waals surface area contributed by atoms with E-state index in [4.69, 9.17) is 5.26 Å². The van der Waals surface area contributed by atoms with Gasteiger partial charge >= 0.3 is 0 Å². The Kier molecular flexibility index (Phi) is 4.11. The van der Waals surface area contributed by atoms with E-state index in [9.17, 15) is 8.78 Å². The maximum atomic E-state index is 13.7. The standard InChI is InChI=1S/C14H12F2N4/c1-2-18-13-11(15)7-12(16)14(20-13)19-10-5-3-4-9(6-10)8-17/h3-7H,2H2,1H3,(H2,18,19,20). The molecule has 0 aliphatic rings. The highest BCUT2D eigenvalue weighted by atomic mass is 19.1. The summed E-state index contributed by atoms with van der Waals surface area (Å²) in [6.45, 7) is 2.26. The molecule has 0 aliphatic heterocycles. The van der Waals surface area contributed by atoms with Gasteiger partial charge in [-0.1, -0.05) is 6.07 Å². The van der Waals surface area contributed by atoms with Crippen molar-refractivity contribution in [3.05, 3.63) is 47.5 Å². The monoisotopic (exact) mass is 274 g/mol. The molecule has 2 N–H and O–H groups in total. The van der Waals surface area contributed by atoms with E-state index in [2.05, 4.69) is 15.6 Å². The van der Waals surface area contributed by atoms with Gasteiger partial charge in [0.15, 0.2) is 23.3 Å². The molecule has 2 aromatic rings. The highest BCUT2D eigenvalue weighted by Crippen LogP contribution is 2.22. The molecule has 1 aromatic carbocycles. The summed E-state index contributed by atoms with van der Waals surface area (Å²) in [5, 5.41) is 14.2. The first kappa shape index (κ1) is 13.7. The first-order valence-corrected chi connectivity index (χ1v) is 6.01. The highest BCUT2D eigenvalue weighted by Gasteiger charge is 2.11. The van der Waals surface area contributed by atoms with Gasteiger partial charge in [0, 0.05) is 18.3 Å². The molecule has 0 amide bonds. The first-order chi connectivity index (χ1) is 9.63. The molecule has 0 radical (unpaired) electrons. The molecule has 0 unspecified atom stereocenters. The van der Waals surface area contributed by atoms with Crippen LogP contribution in [0.1, 0.15) is 12.5 Å². The molecular formula is C14H12F2N4. The van der Waals surface area contributed by atoms with Crippen LogP contribution in [-0.4, -0.2) is 11.5 Å². The summed E-state index contributed by atoms with van der Waals surface area (Å²) in [5.41, 5.74) is 0.939. The highest BCUT2D eigenvalue weighted by molar-refractivity contribution is 5.60. The van der Waals surface area contributed by atoms with Gasteiger partial charge in [0.05, 0.1) is 11.6 Å². The second-order valence-electron chi connectivity index (χ2n) is 4.00. The number of rotatable bonds is 4. The minimum absolute atomic E-state index is 0.0205. The molecule has 0 fully saturated rings. The minimum Gasteiger partial charge on any atom is -0.368 e. The Morgan fingerprint density at radius 2 is 1.95 bits per heavy atom. The molecule has 2 rings (SSSR count). The van der Waals surface area contributed by atoms with Gasteiger partial charge in [-0.3, -0.25) is 0 Å². The van der Waals surface area contributed by atoms with Crippen LogP contribution in [0.5, 0.6) is 0 Å². The van der Waals surface area contributed by atoms with E-state index in [1.807, 2.05) is 6.07 Å². The molecule has 0 saturated heterocycles. The normalized spacial score (nSPS) is 9.90. The van der Waals surface area contributed by atoms with Crippen LogP contribution in [0.3, 0.4) is 0 Å². The van der Waals surface area contributed by atoms with Gasteiger partial charge in [-0.15, -0.1) is 0 Å². The Balaban J connectivity index is 2.33. The van der Waals surface area contributed by atoms with Crippen molar-refractivity contribution in [2.45, 2.75) is 6.92 Å². The molecular weight excluding hydrogens is 262 g/mol. The molecule has 1 heterocycles. The zero-order chi connectivity index (χ0) is 14.5. The van der Waals surface area contributed by atoms with E-state index < -0.39 is 11.6 Å². The fourth-order valence-corrected chi connectivity index (χ4v) is 1.65. The topological polar surface area (TPSA) is 60.7 Å². The SMILES string of the molecule is CCNc1nc(Nc2cccc(C#N)c2)c(F)cc1F. The second kappa shape index (κ2) is 5.97. The van der Waals surface area contributed by atoms with Gasteiger partial charge in [-0.05, 0) is 25.1 Å². The Hall–Kier alpha value is -2.68. The molecule has 6 heteroatoms. The van der Waals surface area contributed by atoms with Crippen LogP contribution in [0.15, 0.2) is 30.3 Å². The average Bonchev–Trinajstić information content (AvgIpc) is 2.44. The molecule has 0 saturated carbocycles. The number of hydrogen-bond donors (Lipinski definition) is 2. The van der Waals surface area contributed by atoms with E-state index in [0.29, 0.717) is 17.8 Å². The van der Waals surface area contributed by atoms with Crippen molar-refractivity contribution in [3.63, 3.8) is 0 Å². The molecule has 0 bridgehead atoms. The maximum absolute atomic E-state index is 13.7. The summed E-state index contributed by atoms with van der Waals surface area (Å²) in [6, 6.07) is 9.25. The quantitative estimate of drug-likeness (QED) is 0.897. The van der Waals surface area contributed by atoms with Gasteiger partial charge in [0.2, 0.25) is 0 Å². The van der Waals surface area contributed by atoms with Crippen molar-refractivity contribution in [2.24, 2.45) is 0 Å². The van der Waals surface area contributed by atoms with Crippen molar-refractivity contribution in [1.29, 1.82) is 5.26 Å². The lowest BCUT2D eigenvalue weighted by Crippen LogP contribution is -2.06. The van der Waals surface area contributed by atoms with E-state index in [0.717, 1.165) is 6.07 Å². The van der Waals surface area contributed by atoms with Crippen molar-refractivity contribution < 1.29 is 8.78 Å². The third kappa shape index (κ3) is 3.01. The lowest BCUT2D eigenvalue weighted by molar-refractivity contribution is 0.579. The summed E-state index contributed by atoms with van der Waals surface area (Å²) in [5.74, 6) is -1.67. The minimum atomic E-state index is -0.800. The molecule has 1 aromatic heterocycles. The molecule has 4 nitrogen and oxygen atoms in total. The van der Waals surface area contributed by atoms with Crippen LogP contribution in [0.2, 0.25) is 0 Å². The van der Waals surface area contributed by atoms with E-state index >= 15 is 0 Å². The smallest absolute Gasteiger partial charge is 0.169 e. The summed E-state index contributed by atoms with van der Waals surface area (Å²) < 4.78 is 27.1. The van der Waals surface area contributed by atoms with Gasteiger partial charge in [0.25, 0.3) is 0 Å². The lowest BCUT2D eigenvalue weighted by Gasteiger charge is -2.10. The fraction of sp³-hybridized carbons (Fsp3) is 0.143. The van der Waals surface area contributed by atoms with Crippen LogP contribution >= 0.6 is 0 Å². The number of nitrogens with one attached hydrogen (secondary N) is 2. The van der Waals surface area contributed by atoms with Crippen molar-refractivity contribution in [3.8, 4) is 6.07 Å². The number of halogens is 2. The van der Waals surface area contributed by atoms with Crippen LogP contribution in [-0.2, 0) is 0 Å². The zero-order valence-electron chi connectivity index (χ0n) is 10.7.